The van der Waals surface area contributed by atoms with Gasteiger partial charge in [0.25, 0.3) is 0 Å². The van der Waals surface area contributed by atoms with Crippen LogP contribution >= 0.6 is 0 Å². The molecule has 0 aromatic carbocycles. The molecule has 1 unspecified atom stereocenters. The summed E-state index contributed by atoms with van der Waals surface area (Å²) in [6.45, 7) is 12.9. The van der Waals surface area contributed by atoms with E-state index in [1.54, 1.807) is 4.90 Å². The van der Waals surface area contributed by atoms with E-state index in [1.165, 1.54) is 0 Å². The molecular weight excluding hydrogens is 354 g/mol. The van der Waals surface area contributed by atoms with E-state index in [9.17, 15) is 14.4 Å². The molecule has 0 aromatic heterocycles. The Balaban J connectivity index is 2.15. The summed E-state index contributed by atoms with van der Waals surface area (Å²) in [7, 11) is 0. The van der Waals surface area contributed by atoms with Crippen LogP contribution in [0.4, 0.5) is 0 Å². The quantitative estimate of drug-likeness (QED) is 0.620. The van der Waals surface area contributed by atoms with Crippen LogP contribution in [-0.2, 0) is 14.4 Å². The third-order valence-corrected chi connectivity index (χ3v) is 6.64. The molecule has 5 atom stereocenters. The number of unbranched alkanes of at least 4 members (excludes halogenated alkanes) is 1. The lowest BCUT2D eigenvalue weighted by Gasteiger charge is -2.33. The summed E-state index contributed by atoms with van der Waals surface area (Å²) >= 11 is 0. The number of hydrogen-bond donors (Lipinski definition) is 2. The molecule has 1 heterocycles. The van der Waals surface area contributed by atoms with Crippen LogP contribution in [0.3, 0.4) is 0 Å². The van der Waals surface area contributed by atoms with Gasteiger partial charge in [-0.25, -0.2) is 0 Å². The highest BCUT2D eigenvalue weighted by molar-refractivity contribution is 5.91. The molecule has 0 spiro atoms. The minimum absolute atomic E-state index is 0.162. The van der Waals surface area contributed by atoms with Crippen molar-refractivity contribution in [1.82, 2.24) is 10.2 Å². The first kappa shape index (κ1) is 22.9. The molecule has 1 saturated carbocycles. The van der Waals surface area contributed by atoms with Crippen LogP contribution in [0.5, 0.6) is 0 Å². The smallest absolute Gasteiger partial charge is 0.243 e. The van der Waals surface area contributed by atoms with Gasteiger partial charge in [0.1, 0.15) is 12.3 Å². The standard InChI is InChI=1S/C22H39N3O3/c1-7-8-9-15(13-26)24-19(27)17-10-14(16-11-22(16,5)6)12-25(17)20(28)18(23)21(2,3)4/h13-18H,7-12,23H2,1-6H3,(H,24,27)/t14-,15-,16?,17+,18-/m1/s1. The number of amides is 2. The Labute approximate surface area is 170 Å². The Morgan fingerprint density at radius 3 is 2.39 bits per heavy atom. The van der Waals surface area contributed by atoms with Gasteiger partial charge < -0.3 is 20.7 Å². The number of nitrogens with two attached hydrogens (primary N) is 1. The maximum Gasteiger partial charge on any atom is 0.243 e. The maximum absolute atomic E-state index is 13.1. The van der Waals surface area contributed by atoms with Gasteiger partial charge in [0.2, 0.25) is 11.8 Å². The van der Waals surface area contributed by atoms with Crippen molar-refractivity contribution >= 4 is 18.1 Å². The molecule has 3 N–H and O–H groups in total. The van der Waals surface area contributed by atoms with Crippen LogP contribution in [0, 0.1) is 22.7 Å². The third kappa shape index (κ3) is 5.13. The van der Waals surface area contributed by atoms with Crippen LogP contribution in [0.1, 0.15) is 73.6 Å². The second-order valence-corrected chi connectivity index (χ2v) is 10.5. The SMILES string of the molecule is CCCC[C@H](C=O)NC(=O)[C@@H]1C[C@@H](C2CC2(C)C)CN1C(=O)[C@@H](N)C(C)(C)C. The number of aldehydes is 1. The van der Waals surface area contributed by atoms with Gasteiger partial charge in [-0.3, -0.25) is 9.59 Å². The van der Waals surface area contributed by atoms with Gasteiger partial charge >= 0.3 is 0 Å². The van der Waals surface area contributed by atoms with E-state index >= 15 is 0 Å². The number of rotatable bonds is 8. The molecule has 0 aromatic rings. The van der Waals surface area contributed by atoms with E-state index in [1.807, 2.05) is 20.8 Å². The van der Waals surface area contributed by atoms with E-state index in [4.69, 9.17) is 5.73 Å². The largest absolute Gasteiger partial charge is 0.345 e. The van der Waals surface area contributed by atoms with Crippen LogP contribution in [-0.4, -0.2) is 47.7 Å². The molecule has 6 heteroatoms. The summed E-state index contributed by atoms with van der Waals surface area (Å²) in [6, 6.07) is -1.68. The Morgan fingerprint density at radius 2 is 1.93 bits per heavy atom. The number of likely N-dealkylation sites (tertiary alicyclic amines) is 1. The predicted molar refractivity (Wildman–Crippen MR) is 110 cm³/mol. The maximum atomic E-state index is 13.1. The third-order valence-electron chi connectivity index (χ3n) is 6.64. The normalized spacial score (nSPS) is 28.5. The fourth-order valence-electron chi connectivity index (χ4n) is 4.39. The molecule has 2 fully saturated rings. The van der Waals surface area contributed by atoms with Crippen molar-refractivity contribution in [3.05, 3.63) is 0 Å². The van der Waals surface area contributed by atoms with E-state index in [2.05, 4.69) is 26.1 Å². The summed E-state index contributed by atoms with van der Waals surface area (Å²) in [5.41, 5.74) is 6.15. The topological polar surface area (TPSA) is 92.5 Å². The zero-order chi connectivity index (χ0) is 21.3. The van der Waals surface area contributed by atoms with Crippen molar-refractivity contribution in [3.63, 3.8) is 0 Å². The highest BCUT2D eigenvalue weighted by atomic mass is 16.2. The number of carbonyl (C=O) groups is 3. The lowest BCUT2D eigenvalue weighted by molar-refractivity contribution is -0.141. The zero-order valence-corrected chi connectivity index (χ0v) is 18.5. The summed E-state index contributed by atoms with van der Waals surface area (Å²) in [5, 5.41) is 2.86. The molecule has 1 aliphatic heterocycles. The second-order valence-electron chi connectivity index (χ2n) is 10.5. The minimum atomic E-state index is -0.657. The first-order valence-corrected chi connectivity index (χ1v) is 10.7. The van der Waals surface area contributed by atoms with Crippen LogP contribution in [0.15, 0.2) is 0 Å². The molecule has 160 valence electrons. The van der Waals surface area contributed by atoms with Gasteiger partial charge in [-0.2, -0.15) is 0 Å². The highest BCUT2D eigenvalue weighted by Gasteiger charge is 2.55. The van der Waals surface area contributed by atoms with Crippen molar-refractivity contribution in [3.8, 4) is 0 Å². The fraction of sp³-hybridized carbons (Fsp3) is 0.864. The first-order valence-electron chi connectivity index (χ1n) is 10.7. The Morgan fingerprint density at radius 1 is 1.32 bits per heavy atom. The minimum Gasteiger partial charge on any atom is -0.345 e. The molecule has 6 nitrogen and oxygen atoms in total. The van der Waals surface area contributed by atoms with Gasteiger partial charge in [0.15, 0.2) is 0 Å². The Bertz CT molecular complexity index is 596. The molecule has 28 heavy (non-hydrogen) atoms. The monoisotopic (exact) mass is 393 g/mol. The van der Waals surface area contributed by atoms with Crippen LogP contribution < -0.4 is 11.1 Å². The van der Waals surface area contributed by atoms with Gasteiger partial charge in [-0.15, -0.1) is 0 Å². The van der Waals surface area contributed by atoms with E-state index in [-0.39, 0.29) is 22.6 Å². The number of nitrogens with one attached hydrogen (secondary N) is 1. The van der Waals surface area contributed by atoms with Crippen molar-refractivity contribution in [2.24, 2.45) is 28.4 Å². The second kappa shape index (κ2) is 8.52. The van der Waals surface area contributed by atoms with Gasteiger partial charge in [-0.1, -0.05) is 54.4 Å². The lowest BCUT2D eigenvalue weighted by atomic mass is 9.86. The average molecular weight is 394 g/mol. The van der Waals surface area contributed by atoms with Gasteiger partial charge in [-0.05, 0) is 41.9 Å². The summed E-state index contributed by atoms with van der Waals surface area (Å²) in [6.07, 6.45) is 5.07. The van der Waals surface area contributed by atoms with Gasteiger partial charge in [0.05, 0.1) is 12.1 Å². The highest BCUT2D eigenvalue weighted by Crippen LogP contribution is 2.58. The summed E-state index contributed by atoms with van der Waals surface area (Å²) < 4.78 is 0. The fourth-order valence-corrected chi connectivity index (χ4v) is 4.39. The molecular formula is C22H39N3O3. The number of nitrogens with zero attached hydrogens (tertiary/aromatic N) is 1. The van der Waals surface area contributed by atoms with Crippen molar-refractivity contribution in [2.75, 3.05) is 6.54 Å². The number of carbonyl (C=O) groups excluding carboxylic acids is 3. The summed E-state index contributed by atoms with van der Waals surface area (Å²) in [4.78, 5) is 39.2. The lowest BCUT2D eigenvalue weighted by Crippen LogP contribution is -2.55. The molecule has 2 rings (SSSR count). The van der Waals surface area contributed by atoms with E-state index < -0.39 is 18.1 Å². The van der Waals surface area contributed by atoms with Gasteiger partial charge in [0, 0.05) is 6.54 Å². The summed E-state index contributed by atoms with van der Waals surface area (Å²) in [5.74, 6) is 0.467. The number of hydrogen-bond acceptors (Lipinski definition) is 4. The molecule has 2 amide bonds. The van der Waals surface area contributed by atoms with Crippen molar-refractivity contribution in [2.45, 2.75) is 91.8 Å². The van der Waals surface area contributed by atoms with E-state index in [0.29, 0.717) is 31.2 Å². The average Bonchev–Trinajstić information content (AvgIpc) is 3.05. The Hall–Kier alpha value is -1.43. The molecule has 2 aliphatic rings. The molecule has 0 bridgehead atoms. The molecule has 0 radical (unpaired) electrons. The first-order chi connectivity index (χ1) is 12.9. The molecule has 1 aliphatic carbocycles. The predicted octanol–water partition coefficient (Wildman–Crippen LogP) is 2.50. The van der Waals surface area contributed by atoms with E-state index in [0.717, 1.165) is 25.5 Å². The zero-order valence-electron chi connectivity index (χ0n) is 18.5. The Kier molecular flexibility index (Phi) is 6.95. The van der Waals surface area contributed by atoms with Crippen LogP contribution in [0.2, 0.25) is 0 Å². The molecule has 1 saturated heterocycles. The van der Waals surface area contributed by atoms with Crippen LogP contribution in [0.25, 0.3) is 0 Å². The van der Waals surface area contributed by atoms with Crippen molar-refractivity contribution < 1.29 is 14.4 Å². The van der Waals surface area contributed by atoms with Crippen molar-refractivity contribution in [1.29, 1.82) is 0 Å².